The van der Waals surface area contributed by atoms with Crippen LogP contribution in [0.1, 0.15) is 39.5 Å². The molecule has 0 spiro atoms. The zero-order chi connectivity index (χ0) is 8.91. The van der Waals surface area contributed by atoms with Crippen molar-refractivity contribution in [3.8, 4) is 0 Å². The molecule has 0 N–H and O–H groups in total. The zero-order valence-corrected chi connectivity index (χ0v) is 7.86. The lowest BCUT2D eigenvalue weighted by molar-refractivity contribution is 0.399. The van der Waals surface area contributed by atoms with Gasteiger partial charge in [-0.05, 0) is 13.3 Å². The molecule has 1 radical (unpaired) electrons. The average Bonchev–Trinajstić information content (AvgIpc) is 1.86. The minimum Gasteiger partial charge on any atom is -0.197 e. The molecule has 0 saturated heterocycles. The molecule has 0 aromatic heterocycles. The van der Waals surface area contributed by atoms with E-state index in [1.165, 1.54) is 6.92 Å². The van der Waals surface area contributed by atoms with Gasteiger partial charge in [0.15, 0.2) is 0 Å². The third kappa shape index (κ3) is 5.21. The van der Waals surface area contributed by atoms with Crippen molar-refractivity contribution in [3.05, 3.63) is 0 Å². The van der Waals surface area contributed by atoms with Gasteiger partial charge in [-0.15, -0.1) is 0 Å². The number of rotatable bonds is 5. The van der Waals surface area contributed by atoms with Crippen LogP contribution in [0.5, 0.6) is 0 Å². The van der Waals surface area contributed by atoms with E-state index in [2.05, 4.69) is 0 Å². The smallest absolute Gasteiger partial charge is 0.197 e. The number of unbranched alkanes of at least 4 members (excludes halogenated alkanes) is 2. The van der Waals surface area contributed by atoms with Gasteiger partial charge in [-0.1, -0.05) is 30.7 Å². The summed E-state index contributed by atoms with van der Waals surface area (Å²) in [4.78, 5) is 0. The highest BCUT2D eigenvalue weighted by atomic mass is 32.2. The summed E-state index contributed by atoms with van der Waals surface area (Å²) in [5, 5.41) is -0.714. The molecule has 0 aromatic rings. The lowest BCUT2D eigenvalue weighted by Gasteiger charge is -2.04. The largest absolute Gasteiger partial charge is 0.297 e. The van der Waals surface area contributed by atoms with E-state index in [1.54, 1.807) is 0 Å². The molecule has 0 rings (SSSR count). The van der Waals surface area contributed by atoms with Crippen molar-refractivity contribution in [3.63, 3.8) is 0 Å². The minimum absolute atomic E-state index is 0.500. The Morgan fingerprint density at radius 1 is 1.27 bits per heavy atom. The molecule has 1 atom stereocenters. The first-order valence-corrected chi connectivity index (χ1v) is 5.40. The van der Waals surface area contributed by atoms with Gasteiger partial charge < -0.3 is 0 Å². The second kappa shape index (κ2) is 4.72. The molecule has 0 heterocycles. The molecule has 0 aliphatic rings. The maximum atomic E-state index is 10.4. The Labute approximate surface area is 68.6 Å². The number of hydrogen-bond donors (Lipinski definition) is 0. The van der Waals surface area contributed by atoms with E-state index < -0.39 is 15.4 Å². The van der Waals surface area contributed by atoms with Crippen LogP contribution in [0.25, 0.3) is 0 Å². The summed E-state index contributed by atoms with van der Waals surface area (Å²) in [6, 6.07) is 0. The van der Waals surface area contributed by atoms with Crippen LogP contribution in [-0.4, -0.2) is 13.7 Å². The average molecular weight is 179 g/mol. The van der Waals surface area contributed by atoms with Crippen LogP contribution in [0.2, 0.25) is 0 Å². The van der Waals surface area contributed by atoms with E-state index in [0.29, 0.717) is 6.42 Å². The van der Waals surface area contributed by atoms with Gasteiger partial charge in [-0.2, -0.15) is 8.42 Å². The van der Waals surface area contributed by atoms with E-state index in [-0.39, 0.29) is 0 Å². The fourth-order valence-electron chi connectivity index (χ4n) is 0.826. The van der Waals surface area contributed by atoms with Crippen molar-refractivity contribution in [2.45, 2.75) is 44.8 Å². The summed E-state index contributed by atoms with van der Waals surface area (Å²) in [6.45, 7) is 3.51. The van der Waals surface area contributed by atoms with Gasteiger partial charge in [0, 0.05) is 0 Å². The molecule has 0 aliphatic carbocycles. The summed E-state index contributed by atoms with van der Waals surface area (Å²) in [5.74, 6) is 0. The quantitative estimate of drug-likeness (QED) is 0.603. The molecular weight excluding hydrogens is 164 g/mol. The monoisotopic (exact) mass is 179 g/mol. The maximum absolute atomic E-state index is 10.4. The van der Waals surface area contributed by atoms with Crippen molar-refractivity contribution in [1.29, 1.82) is 0 Å². The molecule has 0 bridgehead atoms. The summed E-state index contributed by atoms with van der Waals surface area (Å²) >= 11 is 0. The van der Waals surface area contributed by atoms with E-state index in [1.807, 2.05) is 6.92 Å². The summed E-state index contributed by atoms with van der Waals surface area (Å²) in [6.07, 6.45) is 3.38. The molecule has 0 amide bonds. The van der Waals surface area contributed by atoms with Crippen LogP contribution in [0.3, 0.4) is 0 Å². The first-order chi connectivity index (χ1) is 4.98. The summed E-state index contributed by atoms with van der Waals surface area (Å²) in [7, 11) is -4.03. The Balaban J connectivity index is 3.62. The van der Waals surface area contributed by atoms with Gasteiger partial charge in [-0.25, -0.2) is 0 Å². The van der Waals surface area contributed by atoms with E-state index in [0.717, 1.165) is 19.3 Å². The molecule has 0 aliphatic heterocycles. The van der Waals surface area contributed by atoms with Crippen molar-refractivity contribution in [1.82, 2.24) is 0 Å². The Hall–Kier alpha value is -0.0900. The molecule has 0 aromatic carbocycles. The van der Waals surface area contributed by atoms with Crippen LogP contribution in [-0.2, 0) is 14.7 Å². The topological polar surface area (TPSA) is 54.0 Å². The Bertz CT molecular complexity index is 184. The molecule has 0 fully saturated rings. The predicted octanol–water partition coefficient (Wildman–Crippen LogP) is 1.72. The molecular formula is C7H15O3S. The lowest BCUT2D eigenvalue weighted by Crippen LogP contribution is -2.14. The van der Waals surface area contributed by atoms with Crippen LogP contribution in [0, 0.1) is 0 Å². The van der Waals surface area contributed by atoms with E-state index in [9.17, 15) is 13.0 Å². The van der Waals surface area contributed by atoms with Crippen molar-refractivity contribution >= 4 is 10.1 Å². The molecule has 1 unspecified atom stereocenters. The van der Waals surface area contributed by atoms with Gasteiger partial charge in [0.1, 0.15) is 0 Å². The molecule has 3 nitrogen and oxygen atoms in total. The maximum Gasteiger partial charge on any atom is 0.297 e. The van der Waals surface area contributed by atoms with Gasteiger partial charge >= 0.3 is 0 Å². The SMILES string of the molecule is CCCCCC(C)S([O])(=O)=O. The first kappa shape index (κ1) is 10.9. The van der Waals surface area contributed by atoms with Gasteiger partial charge in [-0.3, -0.25) is 0 Å². The second-order valence-corrected chi connectivity index (χ2v) is 4.59. The van der Waals surface area contributed by atoms with Crippen LogP contribution >= 0.6 is 0 Å². The zero-order valence-electron chi connectivity index (χ0n) is 7.04. The van der Waals surface area contributed by atoms with Gasteiger partial charge in [0.2, 0.25) is 0 Å². The van der Waals surface area contributed by atoms with Crippen molar-refractivity contribution in [2.75, 3.05) is 0 Å². The highest BCUT2D eigenvalue weighted by Crippen LogP contribution is 2.09. The Kier molecular flexibility index (Phi) is 4.68. The molecule has 0 saturated carbocycles. The van der Waals surface area contributed by atoms with Crippen molar-refractivity contribution < 1.29 is 13.0 Å². The highest BCUT2D eigenvalue weighted by Gasteiger charge is 2.17. The number of hydrogen-bond acceptors (Lipinski definition) is 2. The van der Waals surface area contributed by atoms with Gasteiger partial charge in [0.25, 0.3) is 10.1 Å². The second-order valence-electron chi connectivity index (χ2n) is 2.80. The van der Waals surface area contributed by atoms with E-state index in [4.69, 9.17) is 0 Å². The van der Waals surface area contributed by atoms with Gasteiger partial charge in [0.05, 0.1) is 5.25 Å². The standard InChI is InChI=1S/C7H15O3S/c1-3-4-5-6-7(2)11(8,9)10/h7H,3-6H2,1-2H3. The molecule has 67 valence electrons. The Morgan fingerprint density at radius 3 is 2.18 bits per heavy atom. The minimum atomic E-state index is -4.03. The lowest BCUT2D eigenvalue weighted by atomic mass is 10.2. The summed E-state index contributed by atoms with van der Waals surface area (Å²) in [5.41, 5.74) is 0. The predicted molar refractivity (Wildman–Crippen MR) is 43.2 cm³/mol. The van der Waals surface area contributed by atoms with E-state index >= 15 is 0 Å². The van der Waals surface area contributed by atoms with Crippen molar-refractivity contribution in [2.24, 2.45) is 0 Å². The molecule has 11 heavy (non-hydrogen) atoms. The Morgan fingerprint density at radius 2 is 1.82 bits per heavy atom. The van der Waals surface area contributed by atoms with Crippen LogP contribution < -0.4 is 0 Å². The first-order valence-electron chi connectivity index (χ1n) is 3.93. The highest BCUT2D eigenvalue weighted by molar-refractivity contribution is 7.86. The van der Waals surface area contributed by atoms with Crippen LogP contribution in [0.4, 0.5) is 0 Å². The fourth-order valence-corrected chi connectivity index (χ4v) is 1.28. The third-order valence-electron chi connectivity index (χ3n) is 1.71. The van der Waals surface area contributed by atoms with Crippen LogP contribution in [0.15, 0.2) is 0 Å². The fraction of sp³-hybridized carbons (Fsp3) is 1.00. The normalized spacial score (nSPS) is 14.8. The summed E-state index contributed by atoms with van der Waals surface area (Å²) < 4.78 is 31.1. The third-order valence-corrected chi connectivity index (χ3v) is 2.93. The molecule has 4 heteroatoms.